The Balaban J connectivity index is 2.51. The zero-order valence-corrected chi connectivity index (χ0v) is 9.76. The van der Waals surface area contributed by atoms with Gasteiger partial charge >= 0.3 is 0 Å². The molecule has 0 aromatic carbocycles. The first-order valence-corrected chi connectivity index (χ1v) is 5.43. The van der Waals surface area contributed by atoms with Crippen LogP contribution in [0.3, 0.4) is 0 Å². The van der Waals surface area contributed by atoms with Gasteiger partial charge in [0.1, 0.15) is 6.07 Å². The maximum Gasteiger partial charge on any atom is 0.103 e. The summed E-state index contributed by atoms with van der Waals surface area (Å²) in [6, 6.07) is 2.17. The average molecular weight is 234 g/mol. The van der Waals surface area contributed by atoms with Crippen molar-refractivity contribution < 1.29 is 4.74 Å². The summed E-state index contributed by atoms with van der Waals surface area (Å²) >= 11 is 1.30. The van der Waals surface area contributed by atoms with Crippen molar-refractivity contribution in [3.63, 3.8) is 0 Å². The summed E-state index contributed by atoms with van der Waals surface area (Å²) in [4.78, 5) is 0.848. The molecule has 0 amide bonds. The van der Waals surface area contributed by atoms with E-state index in [1.807, 2.05) is 6.92 Å². The normalized spacial score (nSPS) is 10.3. The Morgan fingerprint density at radius 3 is 3.00 bits per heavy atom. The van der Waals surface area contributed by atoms with Crippen molar-refractivity contribution in [3.05, 3.63) is 23.1 Å². The maximum absolute atomic E-state index is 9.13. The van der Waals surface area contributed by atoms with E-state index in [1.165, 1.54) is 11.5 Å². The standard InChI is InChI=1S/C10H10N4OS/c1-6-8(4-12-13-6)10-7(3-11)9(5-15-2)14-16-10/h4H,5H2,1-2H3,(H,12,13). The Bertz CT molecular complexity index is 537. The lowest BCUT2D eigenvalue weighted by molar-refractivity contribution is 0.182. The van der Waals surface area contributed by atoms with Gasteiger partial charge in [-0.2, -0.15) is 14.7 Å². The van der Waals surface area contributed by atoms with Crippen LogP contribution in [0.2, 0.25) is 0 Å². The Labute approximate surface area is 96.9 Å². The fourth-order valence-electron chi connectivity index (χ4n) is 1.44. The summed E-state index contributed by atoms with van der Waals surface area (Å²) in [5.41, 5.74) is 3.13. The molecule has 0 aliphatic heterocycles. The van der Waals surface area contributed by atoms with Crippen LogP contribution in [-0.4, -0.2) is 21.7 Å². The fourth-order valence-corrected chi connectivity index (χ4v) is 2.34. The van der Waals surface area contributed by atoms with Gasteiger partial charge in [0.05, 0.1) is 28.9 Å². The van der Waals surface area contributed by atoms with Crippen LogP contribution in [0.15, 0.2) is 6.20 Å². The Hall–Kier alpha value is -1.71. The molecule has 16 heavy (non-hydrogen) atoms. The minimum Gasteiger partial charge on any atom is -0.378 e. The molecule has 0 radical (unpaired) electrons. The highest BCUT2D eigenvalue weighted by Crippen LogP contribution is 2.31. The Kier molecular flexibility index (Phi) is 2.99. The van der Waals surface area contributed by atoms with E-state index < -0.39 is 0 Å². The molecule has 0 bridgehead atoms. The fraction of sp³-hybridized carbons (Fsp3) is 0.300. The molecule has 0 fully saturated rings. The Morgan fingerprint density at radius 1 is 1.62 bits per heavy atom. The van der Waals surface area contributed by atoms with Crippen LogP contribution >= 0.6 is 11.5 Å². The van der Waals surface area contributed by atoms with Gasteiger partial charge in [-0.15, -0.1) is 0 Å². The number of rotatable bonds is 3. The van der Waals surface area contributed by atoms with Crippen LogP contribution in [0.4, 0.5) is 0 Å². The lowest BCUT2D eigenvalue weighted by atomic mass is 10.1. The number of aromatic amines is 1. The van der Waals surface area contributed by atoms with E-state index in [-0.39, 0.29) is 0 Å². The van der Waals surface area contributed by atoms with Gasteiger partial charge in [0.25, 0.3) is 0 Å². The van der Waals surface area contributed by atoms with Crippen molar-refractivity contribution in [1.29, 1.82) is 5.26 Å². The summed E-state index contributed by atoms with van der Waals surface area (Å²) in [5, 5.41) is 15.9. The largest absolute Gasteiger partial charge is 0.378 e. The molecular formula is C10H10N4OS. The molecule has 0 saturated carbocycles. The third-order valence-corrected chi connectivity index (χ3v) is 3.15. The van der Waals surface area contributed by atoms with Crippen molar-refractivity contribution in [1.82, 2.24) is 14.6 Å². The van der Waals surface area contributed by atoms with Gasteiger partial charge in [0.15, 0.2) is 0 Å². The molecule has 0 spiro atoms. The van der Waals surface area contributed by atoms with Crippen LogP contribution in [0.25, 0.3) is 10.4 Å². The summed E-state index contributed by atoms with van der Waals surface area (Å²) in [7, 11) is 1.59. The molecule has 2 aromatic heterocycles. The van der Waals surface area contributed by atoms with E-state index in [2.05, 4.69) is 20.6 Å². The van der Waals surface area contributed by atoms with Gasteiger partial charge in [-0.05, 0) is 18.5 Å². The van der Waals surface area contributed by atoms with Crippen LogP contribution in [0, 0.1) is 18.3 Å². The lowest BCUT2D eigenvalue weighted by Gasteiger charge is -1.96. The smallest absolute Gasteiger partial charge is 0.103 e. The zero-order valence-electron chi connectivity index (χ0n) is 8.94. The average Bonchev–Trinajstić information content (AvgIpc) is 2.84. The number of hydrogen-bond acceptors (Lipinski definition) is 5. The number of ether oxygens (including phenoxy) is 1. The Morgan fingerprint density at radius 2 is 2.44 bits per heavy atom. The van der Waals surface area contributed by atoms with Crippen molar-refractivity contribution in [2.24, 2.45) is 0 Å². The molecule has 0 aliphatic carbocycles. The number of aromatic nitrogens is 3. The van der Waals surface area contributed by atoms with E-state index in [1.54, 1.807) is 13.3 Å². The second kappa shape index (κ2) is 4.43. The molecule has 1 N–H and O–H groups in total. The molecule has 6 heteroatoms. The number of H-pyrrole nitrogens is 1. The van der Waals surface area contributed by atoms with Crippen LogP contribution in [-0.2, 0) is 11.3 Å². The number of hydrogen-bond donors (Lipinski definition) is 1. The molecule has 0 saturated heterocycles. The third-order valence-electron chi connectivity index (χ3n) is 2.23. The minimum atomic E-state index is 0.357. The first kappa shape index (κ1) is 10.8. The summed E-state index contributed by atoms with van der Waals surface area (Å²) in [6.07, 6.45) is 1.71. The molecule has 5 nitrogen and oxygen atoms in total. The number of nitrogens with zero attached hydrogens (tertiary/aromatic N) is 3. The lowest BCUT2D eigenvalue weighted by Crippen LogP contribution is -1.91. The molecule has 0 atom stereocenters. The van der Waals surface area contributed by atoms with Gasteiger partial charge in [0, 0.05) is 18.4 Å². The number of methoxy groups -OCH3 is 1. The van der Waals surface area contributed by atoms with Crippen molar-refractivity contribution in [3.8, 4) is 16.5 Å². The van der Waals surface area contributed by atoms with Gasteiger partial charge in [-0.25, -0.2) is 0 Å². The quantitative estimate of drug-likeness (QED) is 0.879. The minimum absolute atomic E-state index is 0.357. The SMILES string of the molecule is COCc1nsc(-c2cn[nH]c2C)c1C#N. The van der Waals surface area contributed by atoms with E-state index in [0.717, 1.165) is 16.1 Å². The van der Waals surface area contributed by atoms with Crippen LogP contribution in [0.1, 0.15) is 17.0 Å². The molecule has 2 rings (SSSR count). The van der Waals surface area contributed by atoms with E-state index >= 15 is 0 Å². The van der Waals surface area contributed by atoms with Gasteiger partial charge in [-0.3, -0.25) is 5.10 Å². The first-order chi connectivity index (χ1) is 7.77. The molecule has 0 aliphatic rings. The monoisotopic (exact) mass is 234 g/mol. The molecular weight excluding hydrogens is 224 g/mol. The first-order valence-electron chi connectivity index (χ1n) is 4.65. The predicted molar refractivity (Wildman–Crippen MR) is 59.9 cm³/mol. The van der Waals surface area contributed by atoms with Gasteiger partial charge in [-0.1, -0.05) is 0 Å². The third kappa shape index (κ3) is 1.71. The number of aryl methyl sites for hydroxylation is 1. The predicted octanol–water partition coefficient (Wildman–Crippen LogP) is 1.86. The number of nitrogens with one attached hydrogen (secondary N) is 1. The number of nitriles is 1. The molecule has 82 valence electrons. The van der Waals surface area contributed by atoms with Crippen LogP contribution in [0.5, 0.6) is 0 Å². The van der Waals surface area contributed by atoms with E-state index in [4.69, 9.17) is 10.00 Å². The van der Waals surface area contributed by atoms with E-state index in [9.17, 15) is 0 Å². The van der Waals surface area contributed by atoms with Crippen molar-refractivity contribution in [2.45, 2.75) is 13.5 Å². The van der Waals surface area contributed by atoms with Crippen LogP contribution < -0.4 is 0 Å². The highest BCUT2D eigenvalue weighted by atomic mass is 32.1. The topological polar surface area (TPSA) is 74.6 Å². The summed E-state index contributed by atoms with van der Waals surface area (Å²) in [6.45, 7) is 2.27. The van der Waals surface area contributed by atoms with E-state index in [0.29, 0.717) is 17.9 Å². The van der Waals surface area contributed by atoms with Crippen molar-refractivity contribution >= 4 is 11.5 Å². The summed E-state index contributed by atoms with van der Waals surface area (Å²) in [5.74, 6) is 0. The second-order valence-corrected chi connectivity index (χ2v) is 4.06. The molecule has 2 heterocycles. The van der Waals surface area contributed by atoms with Gasteiger partial charge < -0.3 is 4.74 Å². The zero-order chi connectivity index (χ0) is 11.5. The highest BCUT2D eigenvalue weighted by Gasteiger charge is 2.17. The van der Waals surface area contributed by atoms with Gasteiger partial charge in [0.2, 0.25) is 0 Å². The molecule has 0 unspecified atom stereocenters. The second-order valence-electron chi connectivity index (χ2n) is 3.29. The molecule has 2 aromatic rings. The summed E-state index contributed by atoms with van der Waals surface area (Å²) < 4.78 is 9.23. The highest BCUT2D eigenvalue weighted by molar-refractivity contribution is 7.10. The van der Waals surface area contributed by atoms with Crippen molar-refractivity contribution in [2.75, 3.05) is 7.11 Å². The maximum atomic E-state index is 9.13.